The number of rotatable bonds is 5. The second-order valence-corrected chi connectivity index (χ2v) is 5.91. The Labute approximate surface area is 151 Å². The summed E-state index contributed by atoms with van der Waals surface area (Å²) in [5, 5.41) is 7.11. The predicted molar refractivity (Wildman–Crippen MR) is 98.2 cm³/mol. The molecule has 1 N–H and O–H groups in total. The van der Waals surface area contributed by atoms with E-state index >= 15 is 0 Å². The molecule has 1 aromatic heterocycles. The van der Waals surface area contributed by atoms with E-state index in [1.807, 2.05) is 13.1 Å². The van der Waals surface area contributed by atoms with E-state index in [0.717, 1.165) is 5.56 Å². The van der Waals surface area contributed by atoms with Crippen molar-refractivity contribution < 1.29 is 14.3 Å². The standard InChI is InChI=1S/C20H19N3O3/c1-14-3-5-15(6-4-14)13-23-12-11-18(22-23)21-19(24)16-7-9-17(10-8-16)20(25)26-2/h3-12H,13H2,1-2H3,(H,21,22,24). The number of methoxy groups -OCH3 is 1. The van der Waals surface area contributed by atoms with Gasteiger partial charge in [0.2, 0.25) is 0 Å². The van der Waals surface area contributed by atoms with Gasteiger partial charge in [-0.3, -0.25) is 9.48 Å². The fourth-order valence-corrected chi connectivity index (χ4v) is 2.46. The van der Waals surface area contributed by atoms with E-state index in [2.05, 4.69) is 39.4 Å². The number of nitrogens with zero attached hydrogens (tertiary/aromatic N) is 2. The summed E-state index contributed by atoms with van der Waals surface area (Å²) in [6, 6.07) is 16.2. The summed E-state index contributed by atoms with van der Waals surface area (Å²) in [5.74, 6) is -0.257. The van der Waals surface area contributed by atoms with Gasteiger partial charge < -0.3 is 10.1 Å². The van der Waals surface area contributed by atoms with E-state index in [1.165, 1.54) is 12.7 Å². The summed E-state index contributed by atoms with van der Waals surface area (Å²) in [6.45, 7) is 2.67. The van der Waals surface area contributed by atoms with Crippen molar-refractivity contribution in [2.75, 3.05) is 12.4 Å². The maximum atomic E-state index is 12.3. The van der Waals surface area contributed by atoms with Crippen molar-refractivity contribution in [1.82, 2.24) is 9.78 Å². The molecule has 0 aliphatic carbocycles. The van der Waals surface area contributed by atoms with E-state index in [0.29, 0.717) is 23.5 Å². The lowest BCUT2D eigenvalue weighted by molar-refractivity contribution is 0.0600. The van der Waals surface area contributed by atoms with Crippen LogP contribution in [0.15, 0.2) is 60.8 Å². The van der Waals surface area contributed by atoms with E-state index in [9.17, 15) is 9.59 Å². The quantitative estimate of drug-likeness (QED) is 0.718. The second kappa shape index (κ2) is 7.65. The Morgan fingerprint density at radius 3 is 2.31 bits per heavy atom. The molecule has 26 heavy (non-hydrogen) atoms. The first-order valence-corrected chi connectivity index (χ1v) is 8.14. The van der Waals surface area contributed by atoms with Gasteiger partial charge in [0.15, 0.2) is 5.82 Å². The smallest absolute Gasteiger partial charge is 0.337 e. The molecule has 0 spiro atoms. The fraction of sp³-hybridized carbons (Fsp3) is 0.150. The zero-order valence-corrected chi connectivity index (χ0v) is 14.6. The highest BCUT2D eigenvalue weighted by atomic mass is 16.5. The molecule has 6 heteroatoms. The molecular formula is C20H19N3O3. The number of hydrogen-bond acceptors (Lipinski definition) is 4. The second-order valence-electron chi connectivity index (χ2n) is 5.91. The lowest BCUT2D eigenvalue weighted by Gasteiger charge is -2.04. The Balaban J connectivity index is 1.63. The fourth-order valence-electron chi connectivity index (χ4n) is 2.46. The molecule has 132 valence electrons. The van der Waals surface area contributed by atoms with Crippen LogP contribution in [0.5, 0.6) is 0 Å². The average Bonchev–Trinajstić information content (AvgIpc) is 3.10. The summed E-state index contributed by atoms with van der Waals surface area (Å²) >= 11 is 0. The van der Waals surface area contributed by atoms with Crippen molar-refractivity contribution in [1.29, 1.82) is 0 Å². The third kappa shape index (κ3) is 4.16. The Morgan fingerprint density at radius 2 is 1.65 bits per heavy atom. The Bertz CT molecular complexity index is 912. The van der Waals surface area contributed by atoms with Crippen molar-refractivity contribution in [2.45, 2.75) is 13.5 Å². The Hall–Kier alpha value is -3.41. The van der Waals surface area contributed by atoms with Crippen LogP contribution in [0, 0.1) is 6.92 Å². The topological polar surface area (TPSA) is 73.2 Å². The minimum Gasteiger partial charge on any atom is -0.465 e. The first kappa shape index (κ1) is 17.4. The number of aromatic nitrogens is 2. The first-order chi connectivity index (χ1) is 12.5. The molecule has 0 atom stereocenters. The summed E-state index contributed by atoms with van der Waals surface area (Å²) in [6.07, 6.45) is 1.82. The summed E-state index contributed by atoms with van der Waals surface area (Å²) < 4.78 is 6.40. The van der Waals surface area contributed by atoms with E-state index < -0.39 is 5.97 Å². The van der Waals surface area contributed by atoms with E-state index in [4.69, 9.17) is 0 Å². The number of anilines is 1. The monoisotopic (exact) mass is 349 g/mol. The van der Waals surface area contributed by atoms with Crippen molar-refractivity contribution >= 4 is 17.7 Å². The van der Waals surface area contributed by atoms with Gasteiger partial charge >= 0.3 is 5.97 Å². The number of hydrogen-bond donors (Lipinski definition) is 1. The Kier molecular flexibility index (Phi) is 5.12. The van der Waals surface area contributed by atoms with Gasteiger partial charge in [0.25, 0.3) is 5.91 Å². The largest absolute Gasteiger partial charge is 0.465 e. The minimum atomic E-state index is -0.438. The maximum absolute atomic E-state index is 12.3. The lowest BCUT2D eigenvalue weighted by atomic mass is 10.1. The number of carbonyl (C=O) groups is 2. The molecule has 1 amide bonds. The van der Waals surface area contributed by atoms with E-state index in [-0.39, 0.29) is 5.91 Å². The number of benzene rings is 2. The minimum absolute atomic E-state index is 0.290. The first-order valence-electron chi connectivity index (χ1n) is 8.14. The third-order valence-corrected chi connectivity index (χ3v) is 3.92. The number of nitrogens with one attached hydrogen (secondary N) is 1. The molecule has 0 fully saturated rings. The Morgan fingerprint density at radius 1 is 1.00 bits per heavy atom. The van der Waals surface area contributed by atoms with Crippen LogP contribution in [0.1, 0.15) is 31.8 Å². The summed E-state index contributed by atoms with van der Waals surface area (Å²) in [4.78, 5) is 23.7. The van der Waals surface area contributed by atoms with Crippen molar-refractivity contribution in [2.24, 2.45) is 0 Å². The molecule has 0 bridgehead atoms. The van der Waals surface area contributed by atoms with Crippen LogP contribution in [0.3, 0.4) is 0 Å². The van der Waals surface area contributed by atoms with Crippen LogP contribution in [0.25, 0.3) is 0 Å². The number of carbonyl (C=O) groups excluding carboxylic acids is 2. The molecule has 3 rings (SSSR count). The normalized spacial score (nSPS) is 10.4. The zero-order chi connectivity index (χ0) is 18.5. The summed E-state index contributed by atoms with van der Waals surface area (Å²) in [5.41, 5.74) is 3.17. The van der Waals surface area contributed by atoms with Crippen LogP contribution in [-0.4, -0.2) is 28.8 Å². The molecule has 2 aromatic carbocycles. The van der Waals surface area contributed by atoms with Gasteiger partial charge in [-0.25, -0.2) is 4.79 Å². The van der Waals surface area contributed by atoms with E-state index in [1.54, 1.807) is 35.0 Å². The van der Waals surface area contributed by atoms with Crippen molar-refractivity contribution in [3.63, 3.8) is 0 Å². The van der Waals surface area contributed by atoms with Crippen LogP contribution in [0.4, 0.5) is 5.82 Å². The van der Waals surface area contributed by atoms with Gasteiger partial charge in [0, 0.05) is 17.8 Å². The molecule has 6 nitrogen and oxygen atoms in total. The highest BCUT2D eigenvalue weighted by Crippen LogP contribution is 2.11. The van der Waals surface area contributed by atoms with Gasteiger partial charge in [0.05, 0.1) is 19.2 Å². The molecule has 0 aliphatic heterocycles. The number of amides is 1. The summed E-state index contributed by atoms with van der Waals surface area (Å²) in [7, 11) is 1.32. The number of esters is 1. The average molecular weight is 349 g/mol. The van der Waals surface area contributed by atoms with Crippen LogP contribution >= 0.6 is 0 Å². The van der Waals surface area contributed by atoms with Crippen LogP contribution in [0.2, 0.25) is 0 Å². The highest BCUT2D eigenvalue weighted by molar-refractivity contribution is 6.04. The maximum Gasteiger partial charge on any atom is 0.337 e. The predicted octanol–water partition coefficient (Wildman–Crippen LogP) is 3.28. The molecule has 1 heterocycles. The molecule has 0 saturated carbocycles. The van der Waals surface area contributed by atoms with Gasteiger partial charge in [-0.05, 0) is 36.8 Å². The van der Waals surface area contributed by atoms with Gasteiger partial charge in [-0.1, -0.05) is 29.8 Å². The zero-order valence-electron chi connectivity index (χ0n) is 14.6. The third-order valence-electron chi connectivity index (χ3n) is 3.92. The molecule has 3 aromatic rings. The van der Waals surface area contributed by atoms with Gasteiger partial charge in [-0.15, -0.1) is 0 Å². The molecule has 0 unspecified atom stereocenters. The molecule has 0 aliphatic rings. The van der Waals surface area contributed by atoms with Gasteiger partial charge in [-0.2, -0.15) is 5.10 Å². The van der Waals surface area contributed by atoms with Crippen LogP contribution < -0.4 is 5.32 Å². The van der Waals surface area contributed by atoms with Crippen molar-refractivity contribution in [3.8, 4) is 0 Å². The van der Waals surface area contributed by atoms with Gasteiger partial charge in [0.1, 0.15) is 0 Å². The molecule has 0 radical (unpaired) electrons. The SMILES string of the molecule is COC(=O)c1ccc(C(=O)Nc2ccn(Cc3ccc(C)cc3)n2)cc1. The molecule has 0 saturated heterocycles. The number of ether oxygens (including phenoxy) is 1. The highest BCUT2D eigenvalue weighted by Gasteiger charge is 2.10. The lowest BCUT2D eigenvalue weighted by Crippen LogP contribution is -2.13. The number of aryl methyl sites for hydroxylation is 1. The molecular weight excluding hydrogens is 330 g/mol. The van der Waals surface area contributed by atoms with Crippen LogP contribution in [-0.2, 0) is 11.3 Å². The van der Waals surface area contributed by atoms with Crippen molar-refractivity contribution in [3.05, 3.63) is 83.0 Å².